The van der Waals surface area contributed by atoms with Gasteiger partial charge in [0.25, 0.3) is 5.56 Å². The summed E-state index contributed by atoms with van der Waals surface area (Å²) in [4.78, 5) is 41.1. The Morgan fingerprint density at radius 1 is 1.14 bits per heavy atom. The SMILES string of the molecule is CC(C(=O)Nc1ccc(OC(F)(F)F)cc1)n1cnc2c1c(=O)n(C)c(=O)n2C. The lowest BCUT2D eigenvalue weighted by Gasteiger charge is -2.15. The maximum atomic E-state index is 12.6. The van der Waals surface area contributed by atoms with E-state index in [0.29, 0.717) is 0 Å². The molecule has 1 aromatic carbocycles. The van der Waals surface area contributed by atoms with Gasteiger partial charge in [-0.1, -0.05) is 0 Å². The molecule has 0 radical (unpaired) electrons. The second-order valence-corrected chi connectivity index (χ2v) is 6.27. The monoisotopic (exact) mass is 411 g/mol. The van der Waals surface area contributed by atoms with Crippen LogP contribution in [-0.4, -0.2) is 31.0 Å². The van der Waals surface area contributed by atoms with E-state index in [9.17, 15) is 27.6 Å². The van der Waals surface area contributed by atoms with Gasteiger partial charge in [0.1, 0.15) is 11.8 Å². The largest absolute Gasteiger partial charge is 0.573 e. The summed E-state index contributed by atoms with van der Waals surface area (Å²) in [5.74, 6) is -0.960. The fourth-order valence-corrected chi connectivity index (χ4v) is 2.77. The number of amides is 1. The molecule has 0 bridgehead atoms. The minimum Gasteiger partial charge on any atom is -0.406 e. The highest BCUT2D eigenvalue weighted by Gasteiger charge is 2.31. The smallest absolute Gasteiger partial charge is 0.406 e. The first-order valence-corrected chi connectivity index (χ1v) is 8.29. The number of halogens is 3. The molecule has 0 saturated heterocycles. The molecule has 2 heterocycles. The van der Waals surface area contributed by atoms with Gasteiger partial charge in [-0.2, -0.15) is 0 Å². The molecule has 1 N–H and O–H groups in total. The van der Waals surface area contributed by atoms with E-state index in [-0.39, 0.29) is 16.9 Å². The van der Waals surface area contributed by atoms with Crippen molar-refractivity contribution >= 4 is 22.8 Å². The van der Waals surface area contributed by atoms with Crippen molar-refractivity contribution in [1.82, 2.24) is 18.7 Å². The maximum Gasteiger partial charge on any atom is 0.573 e. The van der Waals surface area contributed by atoms with Crippen LogP contribution in [-0.2, 0) is 18.9 Å². The number of carbonyl (C=O) groups is 1. The molecule has 0 fully saturated rings. The van der Waals surface area contributed by atoms with Gasteiger partial charge in [-0.3, -0.25) is 18.7 Å². The quantitative estimate of drug-likeness (QED) is 0.702. The number of alkyl halides is 3. The number of ether oxygens (including phenoxy) is 1. The first-order chi connectivity index (χ1) is 13.5. The van der Waals surface area contributed by atoms with Gasteiger partial charge in [-0.05, 0) is 31.2 Å². The standard InChI is InChI=1S/C17H16F3N5O4/c1-9(14(26)22-10-4-6-11(7-5-10)29-17(18,19)20)25-8-21-13-12(25)15(27)24(3)16(28)23(13)2/h4-9H,1-3H3,(H,22,26). The summed E-state index contributed by atoms with van der Waals surface area (Å²) in [7, 11) is 2.77. The Balaban J connectivity index is 1.86. The molecule has 1 unspecified atom stereocenters. The Morgan fingerprint density at radius 2 is 1.76 bits per heavy atom. The van der Waals surface area contributed by atoms with Crippen molar-refractivity contribution < 1.29 is 22.7 Å². The average molecular weight is 411 g/mol. The van der Waals surface area contributed by atoms with Crippen molar-refractivity contribution in [1.29, 1.82) is 0 Å². The number of hydrogen-bond donors (Lipinski definition) is 1. The van der Waals surface area contributed by atoms with Gasteiger partial charge in [-0.25, -0.2) is 9.78 Å². The molecular formula is C17H16F3N5O4. The fraction of sp³-hybridized carbons (Fsp3) is 0.294. The summed E-state index contributed by atoms with van der Waals surface area (Å²) >= 11 is 0. The van der Waals surface area contributed by atoms with Gasteiger partial charge in [-0.15, -0.1) is 13.2 Å². The number of benzene rings is 1. The molecule has 1 atom stereocenters. The number of carbonyl (C=O) groups excluding carboxylic acids is 1. The van der Waals surface area contributed by atoms with E-state index < -0.39 is 35.3 Å². The molecule has 154 valence electrons. The Hall–Kier alpha value is -3.57. The van der Waals surface area contributed by atoms with Crippen molar-refractivity contribution in [3.8, 4) is 5.75 Å². The summed E-state index contributed by atoms with van der Waals surface area (Å²) in [6.07, 6.45) is -3.54. The summed E-state index contributed by atoms with van der Waals surface area (Å²) in [6.45, 7) is 1.52. The molecule has 0 aliphatic carbocycles. The van der Waals surface area contributed by atoms with Crippen LogP contribution in [0.2, 0.25) is 0 Å². The van der Waals surface area contributed by atoms with Crippen molar-refractivity contribution in [2.45, 2.75) is 19.3 Å². The number of fused-ring (bicyclic) bond motifs is 1. The lowest BCUT2D eigenvalue weighted by molar-refractivity contribution is -0.274. The highest BCUT2D eigenvalue weighted by atomic mass is 19.4. The van der Waals surface area contributed by atoms with E-state index in [1.165, 1.54) is 48.6 Å². The van der Waals surface area contributed by atoms with Gasteiger partial charge >= 0.3 is 12.1 Å². The van der Waals surface area contributed by atoms with Crippen molar-refractivity contribution in [2.24, 2.45) is 14.1 Å². The lowest BCUT2D eigenvalue weighted by Crippen LogP contribution is -2.38. The molecule has 0 spiro atoms. The van der Waals surface area contributed by atoms with Crippen LogP contribution in [0.1, 0.15) is 13.0 Å². The van der Waals surface area contributed by atoms with E-state index >= 15 is 0 Å². The highest BCUT2D eigenvalue weighted by molar-refractivity contribution is 5.94. The normalized spacial score (nSPS) is 12.8. The van der Waals surface area contributed by atoms with Crippen LogP contribution in [0.4, 0.5) is 18.9 Å². The summed E-state index contributed by atoms with van der Waals surface area (Å²) in [6, 6.07) is 3.73. The highest BCUT2D eigenvalue weighted by Crippen LogP contribution is 2.24. The average Bonchev–Trinajstić information content (AvgIpc) is 3.09. The van der Waals surface area contributed by atoms with Crippen LogP contribution in [0, 0.1) is 0 Å². The van der Waals surface area contributed by atoms with Crippen molar-refractivity contribution in [3.63, 3.8) is 0 Å². The van der Waals surface area contributed by atoms with E-state index in [4.69, 9.17) is 0 Å². The van der Waals surface area contributed by atoms with Crippen LogP contribution in [0.25, 0.3) is 11.2 Å². The van der Waals surface area contributed by atoms with Crippen LogP contribution < -0.4 is 21.3 Å². The number of aryl methyl sites for hydroxylation is 1. The summed E-state index contributed by atoms with van der Waals surface area (Å²) in [5, 5.41) is 2.54. The van der Waals surface area contributed by atoms with Gasteiger partial charge in [0.05, 0.1) is 6.33 Å². The fourth-order valence-electron chi connectivity index (χ4n) is 2.77. The van der Waals surface area contributed by atoms with E-state index in [2.05, 4.69) is 15.0 Å². The van der Waals surface area contributed by atoms with E-state index in [0.717, 1.165) is 16.7 Å². The molecule has 0 aliphatic heterocycles. The topological polar surface area (TPSA) is 100 Å². The van der Waals surface area contributed by atoms with Crippen LogP contribution in [0.3, 0.4) is 0 Å². The molecule has 1 amide bonds. The predicted octanol–water partition coefficient (Wildman–Crippen LogP) is 1.53. The van der Waals surface area contributed by atoms with E-state index in [1.54, 1.807) is 0 Å². The molecule has 29 heavy (non-hydrogen) atoms. The number of rotatable bonds is 4. The molecule has 12 heteroatoms. The molecule has 3 aromatic rings. The Kier molecular flexibility index (Phi) is 4.95. The molecule has 3 rings (SSSR count). The Labute approximate surface area is 161 Å². The Bertz CT molecular complexity index is 1190. The number of hydrogen-bond acceptors (Lipinski definition) is 5. The third-order valence-corrected chi connectivity index (χ3v) is 4.33. The molecule has 9 nitrogen and oxygen atoms in total. The summed E-state index contributed by atoms with van der Waals surface area (Å²) in [5.41, 5.74) is -0.710. The van der Waals surface area contributed by atoms with Gasteiger partial charge in [0, 0.05) is 19.8 Å². The lowest BCUT2D eigenvalue weighted by atomic mass is 10.2. The minimum atomic E-state index is -4.81. The van der Waals surface area contributed by atoms with Crippen LogP contribution >= 0.6 is 0 Å². The third-order valence-electron chi connectivity index (χ3n) is 4.33. The van der Waals surface area contributed by atoms with Gasteiger partial charge in [0.15, 0.2) is 11.2 Å². The zero-order valence-electron chi connectivity index (χ0n) is 15.5. The molecule has 0 saturated carbocycles. The van der Waals surface area contributed by atoms with Crippen molar-refractivity contribution in [2.75, 3.05) is 5.32 Å². The van der Waals surface area contributed by atoms with Crippen LogP contribution in [0.15, 0.2) is 40.2 Å². The third kappa shape index (κ3) is 3.86. The first-order valence-electron chi connectivity index (χ1n) is 8.29. The van der Waals surface area contributed by atoms with Crippen LogP contribution in [0.5, 0.6) is 5.75 Å². The Morgan fingerprint density at radius 3 is 2.34 bits per heavy atom. The first kappa shape index (κ1) is 20.2. The van der Waals surface area contributed by atoms with Gasteiger partial charge in [0.2, 0.25) is 5.91 Å². The zero-order valence-corrected chi connectivity index (χ0v) is 15.5. The predicted molar refractivity (Wildman–Crippen MR) is 96.7 cm³/mol. The number of aromatic nitrogens is 4. The molecule has 0 aliphatic rings. The molecular weight excluding hydrogens is 395 g/mol. The zero-order chi connectivity index (χ0) is 21.5. The number of imidazole rings is 1. The molecule has 2 aromatic heterocycles. The van der Waals surface area contributed by atoms with Crippen molar-refractivity contribution in [3.05, 3.63) is 51.4 Å². The second kappa shape index (κ2) is 7.11. The number of nitrogens with one attached hydrogen (secondary N) is 1. The summed E-state index contributed by atoms with van der Waals surface area (Å²) < 4.78 is 43.8. The number of nitrogens with zero attached hydrogens (tertiary/aromatic N) is 4. The minimum absolute atomic E-state index is 0.0752. The maximum absolute atomic E-state index is 12.6. The van der Waals surface area contributed by atoms with E-state index in [1.807, 2.05) is 0 Å². The second-order valence-electron chi connectivity index (χ2n) is 6.27. The number of anilines is 1. The van der Waals surface area contributed by atoms with Gasteiger partial charge < -0.3 is 14.6 Å².